The number of rotatable bonds is 4. The van der Waals surface area contributed by atoms with E-state index in [9.17, 15) is 4.79 Å². The zero-order valence-corrected chi connectivity index (χ0v) is 11.0. The number of nitrogens with one attached hydrogen (secondary N) is 2. The second-order valence-electron chi connectivity index (χ2n) is 5.68. The predicted molar refractivity (Wildman–Crippen MR) is 66.5 cm³/mol. The van der Waals surface area contributed by atoms with Crippen LogP contribution in [0.25, 0.3) is 0 Å². The summed E-state index contributed by atoms with van der Waals surface area (Å²) in [7, 11) is 3.50. The van der Waals surface area contributed by atoms with Crippen LogP contribution in [-0.4, -0.2) is 44.2 Å². The first-order chi connectivity index (χ1) is 7.41. The van der Waals surface area contributed by atoms with Crippen molar-refractivity contribution in [3.05, 3.63) is 0 Å². The van der Waals surface area contributed by atoms with Crippen molar-refractivity contribution in [2.45, 2.75) is 39.2 Å². The molecule has 4 nitrogen and oxygen atoms in total. The molecule has 0 saturated heterocycles. The molecule has 2 amide bonds. The van der Waals surface area contributed by atoms with E-state index < -0.39 is 0 Å². The summed E-state index contributed by atoms with van der Waals surface area (Å²) >= 11 is 0. The van der Waals surface area contributed by atoms with Gasteiger partial charge in [-0.2, -0.15) is 0 Å². The number of carbonyl (C=O) groups excluding carboxylic acids is 1. The van der Waals surface area contributed by atoms with Gasteiger partial charge in [0.2, 0.25) is 0 Å². The topological polar surface area (TPSA) is 44.4 Å². The van der Waals surface area contributed by atoms with E-state index in [4.69, 9.17) is 0 Å². The van der Waals surface area contributed by atoms with E-state index in [-0.39, 0.29) is 6.03 Å². The Kier molecular flexibility index (Phi) is 4.59. The van der Waals surface area contributed by atoms with E-state index >= 15 is 0 Å². The molecule has 0 radical (unpaired) electrons. The van der Waals surface area contributed by atoms with Crippen LogP contribution >= 0.6 is 0 Å². The fraction of sp³-hybridized carbons (Fsp3) is 0.917. The van der Waals surface area contributed by atoms with Gasteiger partial charge in [0.05, 0.1) is 0 Å². The molecule has 1 atom stereocenters. The van der Waals surface area contributed by atoms with E-state index in [1.54, 1.807) is 19.0 Å². The molecule has 0 heterocycles. The van der Waals surface area contributed by atoms with Crippen LogP contribution in [-0.2, 0) is 0 Å². The first-order valence-electron chi connectivity index (χ1n) is 6.09. The van der Waals surface area contributed by atoms with Gasteiger partial charge in [-0.3, -0.25) is 0 Å². The van der Waals surface area contributed by atoms with E-state index in [2.05, 4.69) is 24.5 Å². The van der Waals surface area contributed by atoms with Crippen LogP contribution in [0.15, 0.2) is 0 Å². The average molecular weight is 227 g/mol. The van der Waals surface area contributed by atoms with Crippen molar-refractivity contribution in [2.75, 3.05) is 27.2 Å². The number of urea groups is 1. The van der Waals surface area contributed by atoms with Crippen LogP contribution in [0.2, 0.25) is 0 Å². The SMILES string of the molecule is CN(C)C(=O)NCCNC1CCC(C)(C)C1. The molecular weight excluding hydrogens is 202 g/mol. The van der Waals surface area contributed by atoms with Crippen LogP contribution in [0.5, 0.6) is 0 Å². The molecule has 1 rings (SSSR count). The lowest BCUT2D eigenvalue weighted by Crippen LogP contribution is -2.40. The first-order valence-corrected chi connectivity index (χ1v) is 6.09. The summed E-state index contributed by atoms with van der Waals surface area (Å²) in [4.78, 5) is 12.8. The summed E-state index contributed by atoms with van der Waals surface area (Å²) in [6, 6.07) is 0.611. The summed E-state index contributed by atoms with van der Waals surface area (Å²) in [5, 5.41) is 6.35. The van der Waals surface area contributed by atoms with Crippen LogP contribution in [0.4, 0.5) is 4.79 Å². The van der Waals surface area contributed by atoms with Gasteiger partial charge in [0.1, 0.15) is 0 Å². The van der Waals surface area contributed by atoms with Crippen molar-refractivity contribution in [3.8, 4) is 0 Å². The number of carbonyl (C=O) groups is 1. The maximum atomic E-state index is 11.2. The van der Waals surface area contributed by atoms with E-state index in [0.717, 1.165) is 6.54 Å². The predicted octanol–water partition coefficient (Wildman–Crippen LogP) is 1.43. The summed E-state index contributed by atoms with van der Waals surface area (Å²) in [6.45, 7) is 6.21. The molecule has 1 unspecified atom stereocenters. The summed E-state index contributed by atoms with van der Waals surface area (Å²) in [5.41, 5.74) is 0.491. The van der Waals surface area contributed by atoms with Crippen molar-refractivity contribution in [1.29, 1.82) is 0 Å². The van der Waals surface area contributed by atoms with Crippen LogP contribution in [0, 0.1) is 5.41 Å². The molecule has 0 aromatic heterocycles. The highest BCUT2D eigenvalue weighted by Gasteiger charge is 2.30. The highest BCUT2D eigenvalue weighted by atomic mass is 16.2. The molecule has 1 aliphatic carbocycles. The lowest BCUT2D eigenvalue weighted by atomic mass is 9.92. The quantitative estimate of drug-likeness (QED) is 0.714. The monoisotopic (exact) mass is 227 g/mol. The van der Waals surface area contributed by atoms with Crippen molar-refractivity contribution >= 4 is 6.03 Å². The Labute approximate surface area is 98.8 Å². The Morgan fingerprint density at radius 1 is 1.38 bits per heavy atom. The zero-order valence-electron chi connectivity index (χ0n) is 11.0. The zero-order chi connectivity index (χ0) is 12.2. The van der Waals surface area contributed by atoms with Gasteiger partial charge in [-0.1, -0.05) is 13.8 Å². The van der Waals surface area contributed by atoms with E-state index in [0.29, 0.717) is 18.0 Å². The van der Waals surface area contributed by atoms with Gasteiger partial charge in [-0.05, 0) is 24.7 Å². The number of hydrogen-bond donors (Lipinski definition) is 2. The summed E-state index contributed by atoms with van der Waals surface area (Å²) < 4.78 is 0. The minimum atomic E-state index is -0.0199. The van der Waals surface area contributed by atoms with Crippen molar-refractivity contribution < 1.29 is 4.79 Å². The minimum absolute atomic E-state index is 0.0199. The Morgan fingerprint density at radius 2 is 2.06 bits per heavy atom. The standard InChI is InChI=1S/C12H25N3O/c1-12(2)6-5-10(9-12)13-7-8-14-11(16)15(3)4/h10,13H,5-9H2,1-4H3,(H,14,16). The Bertz CT molecular complexity index is 238. The normalized spacial score (nSPS) is 23.1. The first kappa shape index (κ1) is 13.3. The molecule has 0 spiro atoms. The second-order valence-corrected chi connectivity index (χ2v) is 5.68. The lowest BCUT2D eigenvalue weighted by molar-refractivity contribution is 0.217. The second kappa shape index (κ2) is 5.53. The van der Waals surface area contributed by atoms with Crippen molar-refractivity contribution in [3.63, 3.8) is 0 Å². The van der Waals surface area contributed by atoms with Crippen LogP contribution in [0.3, 0.4) is 0 Å². The molecule has 0 bridgehead atoms. The van der Waals surface area contributed by atoms with Crippen LogP contribution in [0.1, 0.15) is 33.1 Å². The van der Waals surface area contributed by atoms with Crippen molar-refractivity contribution in [1.82, 2.24) is 15.5 Å². The Balaban J connectivity index is 2.06. The fourth-order valence-electron chi connectivity index (χ4n) is 2.21. The Morgan fingerprint density at radius 3 is 2.56 bits per heavy atom. The molecule has 94 valence electrons. The van der Waals surface area contributed by atoms with Gasteiger partial charge in [-0.15, -0.1) is 0 Å². The third-order valence-corrected chi connectivity index (χ3v) is 3.21. The molecule has 1 fully saturated rings. The average Bonchev–Trinajstić information content (AvgIpc) is 2.52. The molecule has 2 N–H and O–H groups in total. The highest BCUT2D eigenvalue weighted by molar-refractivity contribution is 5.73. The maximum absolute atomic E-state index is 11.2. The third kappa shape index (κ3) is 4.39. The highest BCUT2D eigenvalue weighted by Crippen LogP contribution is 2.36. The number of nitrogens with zero attached hydrogens (tertiary/aromatic N) is 1. The van der Waals surface area contributed by atoms with Gasteiger partial charge >= 0.3 is 6.03 Å². The van der Waals surface area contributed by atoms with Crippen LogP contribution < -0.4 is 10.6 Å². The van der Waals surface area contributed by atoms with Gasteiger partial charge in [0.25, 0.3) is 0 Å². The Hall–Kier alpha value is -0.770. The largest absolute Gasteiger partial charge is 0.337 e. The minimum Gasteiger partial charge on any atom is -0.337 e. The maximum Gasteiger partial charge on any atom is 0.316 e. The van der Waals surface area contributed by atoms with Gasteiger partial charge in [0, 0.05) is 33.2 Å². The van der Waals surface area contributed by atoms with Gasteiger partial charge < -0.3 is 15.5 Å². The molecule has 1 aliphatic rings. The lowest BCUT2D eigenvalue weighted by Gasteiger charge is -2.18. The molecule has 0 aromatic rings. The molecule has 4 heteroatoms. The smallest absolute Gasteiger partial charge is 0.316 e. The fourth-order valence-corrected chi connectivity index (χ4v) is 2.21. The summed E-state index contributed by atoms with van der Waals surface area (Å²) in [5.74, 6) is 0. The molecule has 16 heavy (non-hydrogen) atoms. The molecule has 0 aliphatic heterocycles. The van der Waals surface area contributed by atoms with Gasteiger partial charge in [-0.25, -0.2) is 4.79 Å². The van der Waals surface area contributed by atoms with E-state index in [1.165, 1.54) is 19.3 Å². The van der Waals surface area contributed by atoms with Crippen molar-refractivity contribution in [2.24, 2.45) is 5.41 Å². The molecule has 0 aromatic carbocycles. The van der Waals surface area contributed by atoms with E-state index in [1.807, 2.05) is 0 Å². The molecular formula is C12H25N3O. The molecule has 1 saturated carbocycles. The number of amides is 2. The third-order valence-electron chi connectivity index (χ3n) is 3.21. The summed E-state index contributed by atoms with van der Waals surface area (Å²) in [6.07, 6.45) is 3.80. The van der Waals surface area contributed by atoms with Gasteiger partial charge in [0.15, 0.2) is 0 Å². The number of hydrogen-bond acceptors (Lipinski definition) is 2.